The van der Waals surface area contributed by atoms with Gasteiger partial charge in [0.2, 0.25) is 0 Å². The molecule has 0 bridgehead atoms. The molecule has 0 aromatic heterocycles. The van der Waals surface area contributed by atoms with Gasteiger partial charge in [0.1, 0.15) is 0 Å². The number of hydrogen-bond acceptors (Lipinski definition) is 6. The Morgan fingerprint density at radius 3 is 1.31 bits per heavy atom. The van der Waals surface area contributed by atoms with Crippen LogP contribution in [0.2, 0.25) is 0 Å². The second-order valence-electron chi connectivity index (χ2n) is 11.5. The summed E-state index contributed by atoms with van der Waals surface area (Å²) in [4.78, 5) is 22.9. The van der Waals surface area contributed by atoms with Gasteiger partial charge in [0.15, 0.2) is 12.2 Å². The fraction of sp³-hybridized carbons (Fsp3) is 0.667. The predicted molar refractivity (Wildman–Crippen MR) is 204 cm³/mol. The third-order valence-electron chi connectivity index (χ3n) is 7.22. The number of esters is 2. The highest BCUT2D eigenvalue weighted by atomic mass is 16.6. The Balaban J connectivity index is 0. The normalized spacial score (nSPS) is 13.3. The van der Waals surface area contributed by atoms with Gasteiger partial charge < -0.3 is 19.3 Å². The average Bonchev–Trinajstić information content (AvgIpc) is 3.08. The largest absolute Gasteiger partial charge is 0.464 e. The third kappa shape index (κ3) is 36.1. The smallest absolute Gasteiger partial charge is 0.335 e. The molecule has 0 spiro atoms. The van der Waals surface area contributed by atoms with E-state index < -0.39 is 12.1 Å². The van der Waals surface area contributed by atoms with Crippen LogP contribution in [0.3, 0.4) is 0 Å². The van der Waals surface area contributed by atoms with Crippen molar-refractivity contribution in [3.8, 4) is 0 Å². The van der Waals surface area contributed by atoms with Crippen LogP contribution in [0.5, 0.6) is 0 Å². The van der Waals surface area contributed by atoms with E-state index in [2.05, 4.69) is 86.8 Å². The van der Waals surface area contributed by atoms with E-state index in [1.54, 1.807) is 6.92 Å². The molecular weight excluding hydrogens is 600 g/mol. The van der Waals surface area contributed by atoms with E-state index in [1.165, 1.54) is 12.8 Å². The van der Waals surface area contributed by atoms with Crippen LogP contribution in [0.4, 0.5) is 0 Å². The van der Waals surface area contributed by atoms with Crippen molar-refractivity contribution < 1.29 is 28.9 Å². The van der Waals surface area contributed by atoms with Gasteiger partial charge in [-0.05, 0) is 97.8 Å². The van der Waals surface area contributed by atoms with Gasteiger partial charge in [-0.2, -0.15) is 0 Å². The molecule has 2 atom stereocenters. The van der Waals surface area contributed by atoms with E-state index in [-0.39, 0.29) is 12.1 Å². The second-order valence-corrected chi connectivity index (χ2v) is 11.5. The van der Waals surface area contributed by atoms with Gasteiger partial charge in [-0.15, -0.1) is 0 Å². The van der Waals surface area contributed by atoms with E-state index >= 15 is 0 Å². The van der Waals surface area contributed by atoms with Gasteiger partial charge in [0.25, 0.3) is 0 Å². The Morgan fingerprint density at radius 1 is 0.479 bits per heavy atom. The first-order chi connectivity index (χ1) is 23.5. The van der Waals surface area contributed by atoms with Crippen LogP contribution in [-0.4, -0.2) is 49.1 Å². The molecule has 0 fully saturated rings. The maximum atomic E-state index is 11.7. The molecule has 0 rings (SSSR count). The Hall–Kier alpha value is -2.70. The predicted octanol–water partition coefficient (Wildman–Crippen LogP) is 11.3. The molecule has 6 nitrogen and oxygen atoms in total. The molecular formula is C42H72O6. The van der Waals surface area contributed by atoms with E-state index in [4.69, 9.17) is 14.2 Å². The summed E-state index contributed by atoms with van der Waals surface area (Å²) < 4.78 is 15.3. The maximum absolute atomic E-state index is 11.7. The summed E-state index contributed by atoms with van der Waals surface area (Å²) in [5.41, 5.74) is 0. The average molecular weight is 673 g/mol. The summed E-state index contributed by atoms with van der Waals surface area (Å²) in [6.45, 7) is 11.1. The van der Waals surface area contributed by atoms with Crippen LogP contribution in [0, 0.1) is 0 Å². The van der Waals surface area contributed by atoms with Crippen molar-refractivity contribution in [2.75, 3.05) is 19.8 Å². The fourth-order valence-corrected chi connectivity index (χ4v) is 4.61. The molecule has 2 unspecified atom stereocenters. The fourth-order valence-electron chi connectivity index (χ4n) is 4.61. The summed E-state index contributed by atoms with van der Waals surface area (Å²) in [6.07, 6.45) is 43.9. The lowest BCUT2D eigenvalue weighted by Gasteiger charge is -2.15. The van der Waals surface area contributed by atoms with Gasteiger partial charge in [-0.1, -0.05) is 125 Å². The number of allylic oxidation sites excluding steroid dienone is 12. The minimum atomic E-state index is -0.950. The lowest BCUT2D eigenvalue weighted by atomic mass is 10.1. The quantitative estimate of drug-likeness (QED) is 0.0464. The number of aliphatic hydroxyl groups excluding tert-OH is 1. The number of carbonyl (C=O) groups excluding carboxylic acids is 2. The SMILES string of the molecule is CC/C=C\C/C=C\C/C=C\CCCCCCC(O)C(=O)OCC.CC/C=C\C/C=C\C/C=C\CCCCCCC(OCC)C(=O)OCC. The van der Waals surface area contributed by atoms with Gasteiger partial charge in [-0.3, -0.25) is 0 Å². The summed E-state index contributed by atoms with van der Waals surface area (Å²) in [6, 6.07) is 0. The first-order valence-electron chi connectivity index (χ1n) is 19.0. The van der Waals surface area contributed by atoms with Crippen LogP contribution < -0.4 is 0 Å². The summed E-state index contributed by atoms with van der Waals surface area (Å²) >= 11 is 0. The maximum Gasteiger partial charge on any atom is 0.335 e. The minimum Gasteiger partial charge on any atom is -0.464 e. The molecule has 0 aliphatic rings. The van der Waals surface area contributed by atoms with Crippen LogP contribution in [0.15, 0.2) is 72.9 Å². The van der Waals surface area contributed by atoms with Crippen LogP contribution in [0.25, 0.3) is 0 Å². The van der Waals surface area contributed by atoms with Gasteiger partial charge in [0.05, 0.1) is 13.2 Å². The number of unbranched alkanes of at least 4 members (excludes halogenated alkanes) is 8. The van der Waals surface area contributed by atoms with Crippen molar-refractivity contribution in [3.05, 3.63) is 72.9 Å². The Morgan fingerprint density at radius 2 is 0.875 bits per heavy atom. The molecule has 0 aliphatic carbocycles. The van der Waals surface area contributed by atoms with E-state index in [0.717, 1.165) is 96.3 Å². The number of ether oxygens (including phenoxy) is 3. The van der Waals surface area contributed by atoms with Crippen molar-refractivity contribution in [2.45, 2.75) is 162 Å². The second kappa shape index (κ2) is 40.5. The van der Waals surface area contributed by atoms with Crippen molar-refractivity contribution in [3.63, 3.8) is 0 Å². The van der Waals surface area contributed by atoms with Gasteiger partial charge >= 0.3 is 11.9 Å². The Bertz CT molecular complexity index is 883. The van der Waals surface area contributed by atoms with Crippen molar-refractivity contribution in [2.24, 2.45) is 0 Å². The molecule has 0 radical (unpaired) electrons. The molecule has 6 heteroatoms. The number of hydrogen-bond donors (Lipinski definition) is 1. The molecule has 0 heterocycles. The van der Waals surface area contributed by atoms with Crippen LogP contribution >= 0.6 is 0 Å². The summed E-state index contributed by atoms with van der Waals surface area (Å²) in [5.74, 6) is -0.709. The van der Waals surface area contributed by atoms with Crippen LogP contribution in [0.1, 0.15) is 150 Å². The zero-order chi connectivity index (χ0) is 35.8. The molecule has 276 valence electrons. The molecule has 0 saturated heterocycles. The van der Waals surface area contributed by atoms with E-state index in [0.29, 0.717) is 26.2 Å². The molecule has 0 aromatic carbocycles. The molecule has 0 amide bonds. The van der Waals surface area contributed by atoms with Gasteiger partial charge in [0, 0.05) is 6.61 Å². The highest BCUT2D eigenvalue weighted by Gasteiger charge is 2.19. The number of carbonyl (C=O) groups is 2. The zero-order valence-corrected chi connectivity index (χ0v) is 31.4. The lowest BCUT2D eigenvalue weighted by molar-refractivity contribution is -0.157. The standard InChI is InChI=1S/C22H38O3.C20H34O3/c1-4-7-8-9-10-11-12-13-14-15-16-17-18-19-20-21(24-5-2)22(23)25-6-3;1-3-5-6-7-8-9-10-11-12-13-14-15-16-17-18-19(21)20(22)23-4-2/h7-8,10-11,13-14,21H,4-6,9,12,15-20H2,1-3H3;5-6,8-9,11-12,19,21H,3-4,7,10,13-18H2,1-2H3/b8-7-,11-10-,14-13-;6-5-,9-8-,12-11-. The van der Waals surface area contributed by atoms with Crippen LogP contribution in [-0.2, 0) is 23.8 Å². The highest BCUT2D eigenvalue weighted by molar-refractivity contribution is 5.74. The first-order valence-corrected chi connectivity index (χ1v) is 19.0. The first kappa shape index (κ1) is 47.4. The molecule has 0 aromatic rings. The van der Waals surface area contributed by atoms with Crippen molar-refractivity contribution >= 4 is 11.9 Å². The molecule has 48 heavy (non-hydrogen) atoms. The molecule has 0 saturated carbocycles. The van der Waals surface area contributed by atoms with E-state index in [9.17, 15) is 14.7 Å². The van der Waals surface area contributed by atoms with E-state index in [1.807, 2.05) is 13.8 Å². The molecule has 1 N–H and O–H groups in total. The van der Waals surface area contributed by atoms with Crippen molar-refractivity contribution in [1.29, 1.82) is 0 Å². The Labute approximate surface area is 295 Å². The van der Waals surface area contributed by atoms with Gasteiger partial charge in [-0.25, -0.2) is 9.59 Å². The highest BCUT2D eigenvalue weighted by Crippen LogP contribution is 2.12. The Kier molecular flexibility index (Phi) is 40.0. The minimum absolute atomic E-state index is 0.217. The molecule has 0 aliphatic heterocycles. The number of aliphatic hydroxyl groups is 1. The monoisotopic (exact) mass is 673 g/mol. The van der Waals surface area contributed by atoms with Crippen molar-refractivity contribution in [1.82, 2.24) is 0 Å². The summed E-state index contributed by atoms with van der Waals surface area (Å²) in [5, 5.41) is 9.54. The summed E-state index contributed by atoms with van der Waals surface area (Å²) in [7, 11) is 0. The number of rotatable bonds is 30. The topological polar surface area (TPSA) is 82.1 Å². The lowest BCUT2D eigenvalue weighted by Crippen LogP contribution is -2.26. The zero-order valence-electron chi connectivity index (χ0n) is 31.4. The third-order valence-corrected chi connectivity index (χ3v) is 7.22.